The number of carbonyl (C=O) groups is 1. The summed E-state index contributed by atoms with van der Waals surface area (Å²) in [6, 6.07) is 1.91. The molecule has 1 saturated heterocycles. The van der Waals surface area contributed by atoms with E-state index in [2.05, 4.69) is 35.4 Å². The van der Waals surface area contributed by atoms with Crippen LogP contribution in [-0.2, 0) is 0 Å². The van der Waals surface area contributed by atoms with Crippen LogP contribution in [0.25, 0.3) is 0 Å². The molecule has 1 aliphatic rings. The van der Waals surface area contributed by atoms with Crippen LogP contribution in [0.3, 0.4) is 0 Å². The zero-order valence-electron chi connectivity index (χ0n) is 20.8. The van der Waals surface area contributed by atoms with E-state index in [1.807, 2.05) is 58.9 Å². The number of allylic oxidation sites excluding steroid dienone is 3. The summed E-state index contributed by atoms with van der Waals surface area (Å²) in [5, 5.41) is 15.8. The first-order valence-electron chi connectivity index (χ1n) is 11.8. The molecule has 0 aromatic carbocycles. The largest absolute Gasteiger partial charge is 0.395 e. The number of anilines is 3. The summed E-state index contributed by atoms with van der Waals surface area (Å²) in [5.41, 5.74) is 0.759. The van der Waals surface area contributed by atoms with E-state index in [0.29, 0.717) is 28.2 Å². The van der Waals surface area contributed by atoms with Crippen molar-refractivity contribution < 1.29 is 9.90 Å². The number of hydrogen-bond donors (Lipinski definition) is 3. The lowest BCUT2D eigenvalue weighted by atomic mass is 10.3. The zero-order valence-corrected chi connectivity index (χ0v) is 21.7. The summed E-state index contributed by atoms with van der Waals surface area (Å²) in [4.78, 5) is 30.9. The minimum absolute atomic E-state index is 0.181. The van der Waals surface area contributed by atoms with Gasteiger partial charge in [-0.05, 0) is 26.3 Å². The van der Waals surface area contributed by atoms with Crippen LogP contribution < -0.4 is 15.5 Å². The molecule has 0 atom stereocenters. The number of nitrogens with zero attached hydrogens (tertiary/aromatic N) is 5. The van der Waals surface area contributed by atoms with E-state index in [1.54, 1.807) is 6.20 Å². The number of β-amino-alcohol motifs (C(OH)–C–C–N with tert-alkyl or cyclic N) is 1. The van der Waals surface area contributed by atoms with Gasteiger partial charge in [-0.2, -0.15) is 0 Å². The van der Waals surface area contributed by atoms with E-state index in [0.717, 1.165) is 44.1 Å². The standard InChI is InChI=1S/C22H31N7O2S.C2H6/c1-4-6-7-17(5-2)26-21(31)18-15-23-22(32-18)27-19-14-20(25-16(3)24-19)29-10-8-28(9-11-29)12-13-30;1-2/h5-7,14-15,30H,4,8-13H2,1-3H3,(H,26,31)(H,23,24,25,27);1-2H3/b7-6-,17-5+;. The first-order chi connectivity index (χ1) is 16.5. The molecule has 0 aliphatic carbocycles. The van der Waals surface area contributed by atoms with Gasteiger partial charge >= 0.3 is 0 Å². The second-order valence-corrected chi connectivity index (χ2v) is 8.40. The monoisotopic (exact) mass is 487 g/mol. The summed E-state index contributed by atoms with van der Waals surface area (Å²) in [7, 11) is 0. The topological polar surface area (TPSA) is 107 Å². The Morgan fingerprint density at radius 2 is 1.97 bits per heavy atom. The van der Waals surface area contributed by atoms with E-state index in [1.165, 1.54) is 11.3 Å². The van der Waals surface area contributed by atoms with E-state index in [4.69, 9.17) is 5.11 Å². The number of rotatable bonds is 9. The van der Waals surface area contributed by atoms with Crippen molar-refractivity contribution in [3.05, 3.63) is 46.9 Å². The molecule has 0 bridgehead atoms. The van der Waals surface area contributed by atoms with Crippen molar-refractivity contribution in [3.63, 3.8) is 0 Å². The van der Waals surface area contributed by atoms with Crippen molar-refractivity contribution in [2.45, 2.75) is 41.0 Å². The SMILES string of the molecule is C/C=C(\C=C/CC)NC(=O)c1cnc(Nc2cc(N3CCN(CCO)CC3)nc(C)n2)s1.CC. The second-order valence-electron chi connectivity index (χ2n) is 7.37. The number of thiazole rings is 1. The number of amides is 1. The molecule has 34 heavy (non-hydrogen) atoms. The Kier molecular flexibility index (Phi) is 11.7. The van der Waals surface area contributed by atoms with Crippen molar-refractivity contribution in [2.24, 2.45) is 0 Å². The minimum Gasteiger partial charge on any atom is -0.395 e. The van der Waals surface area contributed by atoms with E-state index >= 15 is 0 Å². The van der Waals surface area contributed by atoms with Gasteiger partial charge in [-0.3, -0.25) is 9.69 Å². The predicted octanol–water partition coefficient (Wildman–Crippen LogP) is 3.73. The Hall–Kier alpha value is -2.82. The van der Waals surface area contributed by atoms with Gasteiger partial charge in [0.2, 0.25) is 0 Å². The molecular formula is C24H37N7O2S. The van der Waals surface area contributed by atoms with E-state index in [-0.39, 0.29) is 12.5 Å². The van der Waals surface area contributed by atoms with Crippen molar-refractivity contribution in [2.75, 3.05) is 49.5 Å². The molecule has 0 radical (unpaired) electrons. The van der Waals surface area contributed by atoms with Gasteiger partial charge < -0.3 is 20.6 Å². The van der Waals surface area contributed by atoms with Crippen LogP contribution in [0.2, 0.25) is 0 Å². The summed E-state index contributed by atoms with van der Waals surface area (Å²) in [6.07, 6.45) is 8.22. The van der Waals surface area contributed by atoms with Gasteiger partial charge in [0.05, 0.1) is 12.8 Å². The van der Waals surface area contributed by atoms with Crippen LogP contribution in [-0.4, -0.2) is 70.2 Å². The summed E-state index contributed by atoms with van der Waals surface area (Å²) >= 11 is 1.28. The molecule has 0 saturated carbocycles. The number of aromatic nitrogens is 3. The average Bonchev–Trinajstić information content (AvgIpc) is 3.32. The number of hydrogen-bond acceptors (Lipinski definition) is 9. The molecule has 186 valence electrons. The van der Waals surface area contributed by atoms with Gasteiger partial charge in [-0.1, -0.05) is 44.3 Å². The second kappa shape index (κ2) is 14.4. The third-order valence-corrected chi connectivity index (χ3v) is 5.91. The minimum atomic E-state index is -0.190. The molecule has 1 amide bonds. The van der Waals surface area contributed by atoms with Gasteiger partial charge in [-0.25, -0.2) is 15.0 Å². The maximum atomic E-state index is 12.5. The van der Waals surface area contributed by atoms with Crippen LogP contribution in [0.4, 0.5) is 16.8 Å². The molecular weight excluding hydrogens is 450 g/mol. The van der Waals surface area contributed by atoms with Crippen LogP contribution in [0.5, 0.6) is 0 Å². The first-order valence-corrected chi connectivity index (χ1v) is 12.6. The molecule has 3 heterocycles. The summed E-state index contributed by atoms with van der Waals surface area (Å²) in [5.74, 6) is 1.98. The maximum absolute atomic E-state index is 12.5. The van der Waals surface area contributed by atoms with Crippen molar-refractivity contribution >= 4 is 34.0 Å². The summed E-state index contributed by atoms with van der Waals surface area (Å²) < 4.78 is 0. The van der Waals surface area contributed by atoms with Crippen LogP contribution >= 0.6 is 11.3 Å². The number of carbonyl (C=O) groups excluding carboxylic acids is 1. The molecule has 0 unspecified atom stereocenters. The molecule has 10 heteroatoms. The quantitative estimate of drug-likeness (QED) is 0.460. The Morgan fingerprint density at radius 3 is 2.62 bits per heavy atom. The lowest BCUT2D eigenvalue weighted by molar-refractivity contribution is 0.0971. The Labute approximate surface area is 206 Å². The Balaban J connectivity index is 0.00000199. The van der Waals surface area contributed by atoms with Crippen LogP contribution in [0.15, 0.2) is 36.2 Å². The fourth-order valence-corrected chi connectivity index (χ4v) is 4.03. The van der Waals surface area contributed by atoms with E-state index in [9.17, 15) is 4.79 Å². The lowest BCUT2D eigenvalue weighted by Crippen LogP contribution is -2.47. The predicted molar refractivity (Wildman–Crippen MR) is 140 cm³/mol. The summed E-state index contributed by atoms with van der Waals surface area (Å²) in [6.45, 7) is 14.1. The van der Waals surface area contributed by atoms with Crippen LogP contribution in [0, 0.1) is 6.92 Å². The fourth-order valence-electron chi connectivity index (χ4n) is 3.31. The first kappa shape index (κ1) is 27.4. The fraction of sp³-hybridized carbons (Fsp3) is 0.500. The molecule has 3 N–H and O–H groups in total. The smallest absolute Gasteiger partial charge is 0.267 e. The molecule has 3 rings (SSSR count). The highest BCUT2D eigenvalue weighted by molar-refractivity contribution is 7.17. The lowest BCUT2D eigenvalue weighted by Gasteiger charge is -2.35. The average molecular weight is 488 g/mol. The molecule has 0 spiro atoms. The Bertz CT molecular complexity index is 966. The number of aliphatic hydroxyl groups is 1. The molecule has 1 fully saturated rings. The number of aryl methyl sites for hydroxylation is 1. The normalized spacial score (nSPS) is 14.6. The molecule has 2 aromatic heterocycles. The highest BCUT2D eigenvalue weighted by Crippen LogP contribution is 2.24. The highest BCUT2D eigenvalue weighted by Gasteiger charge is 2.19. The third-order valence-electron chi connectivity index (χ3n) is 5.00. The number of aliphatic hydroxyl groups excluding tert-OH is 1. The zero-order chi connectivity index (χ0) is 24.9. The Morgan fingerprint density at radius 1 is 1.24 bits per heavy atom. The van der Waals surface area contributed by atoms with Crippen molar-refractivity contribution in [3.8, 4) is 0 Å². The molecule has 1 aliphatic heterocycles. The van der Waals surface area contributed by atoms with Gasteiger partial charge in [-0.15, -0.1) is 0 Å². The third kappa shape index (κ3) is 8.19. The van der Waals surface area contributed by atoms with Crippen LogP contribution in [0.1, 0.15) is 49.6 Å². The van der Waals surface area contributed by atoms with E-state index < -0.39 is 0 Å². The van der Waals surface area contributed by atoms with Gasteiger partial charge in [0.15, 0.2) is 5.13 Å². The van der Waals surface area contributed by atoms with Gasteiger partial charge in [0.25, 0.3) is 5.91 Å². The van der Waals surface area contributed by atoms with Gasteiger partial charge in [0, 0.05) is 44.5 Å². The van der Waals surface area contributed by atoms with Gasteiger partial charge in [0.1, 0.15) is 22.3 Å². The maximum Gasteiger partial charge on any atom is 0.267 e. The number of nitrogens with one attached hydrogen (secondary N) is 2. The number of piperazine rings is 1. The molecule has 2 aromatic rings. The van der Waals surface area contributed by atoms with Crippen molar-refractivity contribution in [1.82, 2.24) is 25.2 Å². The molecule has 9 nitrogen and oxygen atoms in total. The van der Waals surface area contributed by atoms with Crippen molar-refractivity contribution in [1.29, 1.82) is 0 Å². The highest BCUT2D eigenvalue weighted by atomic mass is 32.1.